The number of amides is 2. The molecule has 1 aromatic rings. The number of carbonyl (C=O) groups excluding carboxylic acids is 2. The maximum atomic E-state index is 12.5. The average Bonchev–Trinajstić information content (AvgIpc) is 3.32. The normalized spacial score (nSPS) is 23.9. The van der Waals surface area contributed by atoms with Gasteiger partial charge in [0.25, 0.3) is 0 Å². The molecule has 2 fully saturated rings. The van der Waals surface area contributed by atoms with Gasteiger partial charge in [0.2, 0.25) is 11.8 Å². The summed E-state index contributed by atoms with van der Waals surface area (Å²) in [6.07, 6.45) is 2.50. The second kappa shape index (κ2) is 6.83. The summed E-state index contributed by atoms with van der Waals surface area (Å²) >= 11 is 1.61. The fourth-order valence-electron chi connectivity index (χ4n) is 2.76. The summed E-state index contributed by atoms with van der Waals surface area (Å²) in [5.41, 5.74) is 0.986. The van der Waals surface area contributed by atoms with E-state index in [1.807, 2.05) is 31.2 Å². The van der Waals surface area contributed by atoms with Crippen molar-refractivity contribution in [2.75, 3.05) is 13.7 Å². The Hall–Kier alpha value is -1.69. The van der Waals surface area contributed by atoms with Crippen LogP contribution in [0.5, 0.6) is 5.75 Å². The number of nitrogens with zero attached hydrogens (tertiary/aromatic N) is 1. The summed E-state index contributed by atoms with van der Waals surface area (Å²) in [5, 5.41) is 2.78. The lowest BCUT2D eigenvalue weighted by Crippen LogP contribution is -2.35. The van der Waals surface area contributed by atoms with Gasteiger partial charge in [-0.3, -0.25) is 9.59 Å². The van der Waals surface area contributed by atoms with E-state index in [4.69, 9.17) is 4.74 Å². The van der Waals surface area contributed by atoms with Crippen molar-refractivity contribution in [1.29, 1.82) is 0 Å². The second-order valence-corrected chi connectivity index (χ2v) is 7.42. The number of carbonyl (C=O) groups is 2. The van der Waals surface area contributed by atoms with Crippen LogP contribution in [0.4, 0.5) is 0 Å². The van der Waals surface area contributed by atoms with E-state index in [1.54, 1.807) is 23.8 Å². The molecule has 124 valence electrons. The summed E-state index contributed by atoms with van der Waals surface area (Å²) in [7, 11) is 1.64. The number of ether oxygens (including phenoxy) is 1. The molecule has 2 aliphatic rings. The molecular weight excluding hydrogens is 312 g/mol. The number of thioether (sulfide) groups is 1. The van der Waals surface area contributed by atoms with Crippen LogP contribution in [0.25, 0.3) is 0 Å². The highest BCUT2D eigenvalue weighted by atomic mass is 32.2. The third kappa shape index (κ3) is 3.63. The molecule has 0 aromatic heterocycles. The third-order valence-corrected chi connectivity index (χ3v) is 5.55. The first-order valence-electron chi connectivity index (χ1n) is 7.98. The number of para-hydroxylation sites is 1. The molecular formula is C17H22N2O3S. The van der Waals surface area contributed by atoms with Crippen LogP contribution in [0.3, 0.4) is 0 Å². The Labute approximate surface area is 140 Å². The zero-order chi connectivity index (χ0) is 16.4. The lowest BCUT2D eigenvalue weighted by molar-refractivity contribution is -0.130. The van der Waals surface area contributed by atoms with Crippen LogP contribution in [-0.2, 0) is 9.59 Å². The molecule has 1 saturated heterocycles. The summed E-state index contributed by atoms with van der Waals surface area (Å²) in [4.78, 5) is 26.2. The van der Waals surface area contributed by atoms with E-state index < -0.39 is 0 Å². The zero-order valence-electron chi connectivity index (χ0n) is 13.5. The molecule has 23 heavy (non-hydrogen) atoms. The molecule has 1 saturated carbocycles. The molecule has 5 nitrogen and oxygen atoms in total. The van der Waals surface area contributed by atoms with E-state index in [1.165, 1.54) is 0 Å². The van der Waals surface area contributed by atoms with Crippen LogP contribution in [0.15, 0.2) is 24.3 Å². The molecule has 0 bridgehead atoms. The van der Waals surface area contributed by atoms with Crippen LogP contribution in [-0.4, -0.2) is 41.7 Å². The summed E-state index contributed by atoms with van der Waals surface area (Å²) < 4.78 is 5.43. The van der Waals surface area contributed by atoms with E-state index in [2.05, 4.69) is 5.32 Å². The molecule has 1 aromatic carbocycles. The van der Waals surface area contributed by atoms with E-state index in [-0.39, 0.29) is 22.4 Å². The summed E-state index contributed by atoms with van der Waals surface area (Å²) in [5.74, 6) is 0.896. The van der Waals surface area contributed by atoms with Crippen molar-refractivity contribution in [2.45, 2.75) is 42.9 Å². The Kier molecular flexibility index (Phi) is 4.80. The number of benzene rings is 1. The van der Waals surface area contributed by atoms with Gasteiger partial charge in [-0.2, -0.15) is 0 Å². The number of nitrogens with one attached hydrogen (secondary N) is 1. The molecule has 6 heteroatoms. The van der Waals surface area contributed by atoms with Crippen molar-refractivity contribution in [1.82, 2.24) is 10.2 Å². The number of hydrogen-bond acceptors (Lipinski definition) is 4. The van der Waals surface area contributed by atoms with Gasteiger partial charge in [-0.25, -0.2) is 0 Å². The molecule has 1 aliphatic heterocycles. The van der Waals surface area contributed by atoms with Gasteiger partial charge in [-0.05, 0) is 25.8 Å². The minimum absolute atomic E-state index is 0.0311. The smallest absolute Gasteiger partial charge is 0.236 e. The Balaban J connectivity index is 1.72. The Morgan fingerprint density at radius 2 is 2.13 bits per heavy atom. The van der Waals surface area contributed by atoms with Gasteiger partial charge >= 0.3 is 0 Å². The standard InChI is InChI=1S/C17H22N2O3S/c1-11-16(21)19(10-9-15(20)18-12-7-8-12)17(23-11)13-5-3-4-6-14(13)22-2/h3-6,11-12,17H,7-10H2,1-2H3,(H,18,20)/t11-,17-/m1/s1. The summed E-state index contributed by atoms with van der Waals surface area (Å²) in [6, 6.07) is 8.11. The van der Waals surface area contributed by atoms with Crippen molar-refractivity contribution in [2.24, 2.45) is 0 Å². The quantitative estimate of drug-likeness (QED) is 0.867. The molecule has 0 spiro atoms. The van der Waals surface area contributed by atoms with Crippen LogP contribution in [0, 0.1) is 0 Å². The van der Waals surface area contributed by atoms with Gasteiger partial charge in [0.1, 0.15) is 11.1 Å². The monoisotopic (exact) mass is 334 g/mol. The van der Waals surface area contributed by atoms with Crippen molar-refractivity contribution >= 4 is 23.6 Å². The predicted octanol–water partition coefficient (Wildman–Crippen LogP) is 2.33. The molecule has 3 rings (SSSR count). The highest BCUT2D eigenvalue weighted by molar-refractivity contribution is 8.01. The first-order valence-corrected chi connectivity index (χ1v) is 8.92. The Bertz CT molecular complexity index is 603. The molecule has 2 atom stereocenters. The maximum absolute atomic E-state index is 12.5. The lowest BCUT2D eigenvalue weighted by Gasteiger charge is -2.25. The van der Waals surface area contributed by atoms with Gasteiger partial charge in [0.15, 0.2) is 0 Å². The van der Waals surface area contributed by atoms with Crippen LogP contribution >= 0.6 is 11.8 Å². The minimum Gasteiger partial charge on any atom is -0.496 e. The van der Waals surface area contributed by atoms with E-state index in [9.17, 15) is 9.59 Å². The lowest BCUT2D eigenvalue weighted by atomic mass is 10.1. The maximum Gasteiger partial charge on any atom is 0.236 e. The van der Waals surface area contributed by atoms with Gasteiger partial charge in [-0.15, -0.1) is 11.8 Å². The van der Waals surface area contributed by atoms with Crippen LogP contribution in [0.1, 0.15) is 37.1 Å². The Morgan fingerprint density at radius 3 is 2.83 bits per heavy atom. The topological polar surface area (TPSA) is 58.6 Å². The number of rotatable bonds is 6. The predicted molar refractivity (Wildman–Crippen MR) is 90.3 cm³/mol. The molecule has 0 radical (unpaired) electrons. The van der Waals surface area contributed by atoms with Crippen molar-refractivity contribution in [3.8, 4) is 5.75 Å². The largest absolute Gasteiger partial charge is 0.496 e. The number of methoxy groups -OCH3 is 1. The van der Waals surface area contributed by atoms with Gasteiger partial charge in [0, 0.05) is 24.6 Å². The first-order chi connectivity index (χ1) is 11.1. The van der Waals surface area contributed by atoms with E-state index in [0.29, 0.717) is 19.0 Å². The SMILES string of the molecule is COc1ccccc1[C@H]1S[C@H](C)C(=O)N1CCC(=O)NC1CC1. The van der Waals surface area contributed by atoms with E-state index >= 15 is 0 Å². The van der Waals surface area contributed by atoms with Crippen molar-refractivity contribution < 1.29 is 14.3 Å². The number of hydrogen-bond donors (Lipinski definition) is 1. The van der Waals surface area contributed by atoms with Gasteiger partial charge in [0.05, 0.1) is 12.4 Å². The second-order valence-electron chi connectivity index (χ2n) is 6.00. The fraction of sp³-hybridized carbons (Fsp3) is 0.529. The zero-order valence-corrected chi connectivity index (χ0v) is 14.3. The molecule has 1 aliphatic carbocycles. The Morgan fingerprint density at radius 1 is 1.39 bits per heavy atom. The molecule has 1 heterocycles. The molecule has 2 amide bonds. The highest BCUT2D eigenvalue weighted by Gasteiger charge is 2.39. The van der Waals surface area contributed by atoms with Crippen LogP contribution in [0.2, 0.25) is 0 Å². The summed E-state index contributed by atoms with van der Waals surface area (Å²) in [6.45, 7) is 2.36. The fourth-order valence-corrected chi connectivity index (χ4v) is 4.10. The van der Waals surface area contributed by atoms with Crippen LogP contribution < -0.4 is 10.1 Å². The van der Waals surface area contributed by atoms with Gasteiger partial charge in [-0.1, -0.05) is 18.2 Å². The molecule has 0 unspecified atom stereocenters. The van der Waals surface area contributed by atoms with Crippen molar-refractivity contribution in [3.05, 3.63) is 29.8 Å². The molecule has 1 N–H and O–H groups in total. The highest BCUT2D eigenvalue weighted by Crippen LogP contribution is 2.45. The third-order valence-electron chi connectivity index (χ3n) is 4.17. The first kappa shape index (κ1) is 16.2. The van der Waals surface area contributed by atoms with Gasteiger partial charge < -0.3 is 15.0 Å². The van der Waals surface area contributed by atoms with Crippen molar-refractivity contribution in [3.63, 3.8) is 0 Å². The van der Waals surface area contributed by atoms with E-state index in [0.717, 1.165) is 24.2 Å². The minimum atomic E-state index is -0.101. The average molecular weight is 334 g/mol.